The number of aromatic nitrogens is 1. The molecule has 3 N–H and O–H groups in total. The lowest BCUT2D eigenvalue weighted by molar-refractivity contribution is -0.118. The van der Waals surface area contributed by atoms with Gasteiger partial charge in [0.1, 0.15) is 0 Å². The van der Waals surface area contributed by atoms with Crippen molar-refractivity contribution >= 4 is 23.3 Å². The maximum absolute atomic E-state index is 13.0. The van der Waals surface area contributed by atoms with Gasteiger partial charge in [-0.05, 0) is 11.8 Å². The number of allylic oxidation sites excluding steroid dienone is 3. The number of thiazole rings is 1. The molecule has 0 saturated heterocycles. The molecule has 140 valence electrons. The highest BCUT2D eigenvalue weighted by Gasteiger charge is 2.41. The van der Waals surface area contributed by atoms with Gasteiger partial charge in [0.2, 0.25) is 0 Å². The number of carbonyl (C=O) groups excluding carboxylic acids is 1. The highest BCUT2D eigenvalue weighted by atomic mass is 32.1. The van der Waals surface area contributed by atoms with Crippen molar-refractivity contribution in [1.29, 1.82) is 0 Å². The number of nitrogens with one attached hydrogen (secondary N) is 1. The van der Waals surface area contributed by atoms with E-state index in [9.17, 15) is 4.79 Å². The molecule has 1 aromatic heterocycles. The van der Waals surface area contributed by atoms with Crippen LogP contribution in [0.5, 0.6) is 0 Å². The van der Waals surface area contributed by atoms with Gasteiger partial charge < -0.3 is 15.8 Å². The molecule has 0 fully saturated rings. The summed E-state index contributed by atoms with van der Waals surface area (Å²) in [6.45, 7) is 5.63. The maximum Gasteiger partial charge on any atom is 0.162 e. The SMILES string of the molecule is CN=CC1=C(COCCN)NC2=C(C(=O)CC(C)(C)C2)C1c1cscn1. The first-order chi connectivity index (χ1) is 12.5. The van der Waals surface area contributed by atoms with Crippen LogP contribution in [0.3, 0.4) is 0 Å². The van der Waals surface area contributed by atoms with Crippen LogP contribution in [0, 0.1) is 5.41 Å². The lowest BCUT2D eigenvalue weighted by atomic mass is 9.69. The quantitative estimate of drug-likeness (QED) is 0.589. The highest BCUT2D eigenvalue weighted by Crippen LogP contribution is 2.45. The Morgan fingerprint density at radius 2 is 2.31 bits per heavy atom. The Kier molecular flexibility index (Phi) is 5.70. The molecule has 0 spiro atoms. The number of hydrogen-bond acceptors (Lipinski definition) is 7. The van der Waals surface area contributed by atoms with E-state index in [2.05, 4.69) is 29.1 Å². The Hall–Kier alpha value is -1.83. The van der Waals surface area contributed by atoms with Crippen molar-refractivity contribution in [2.24, 2.45) is 16.1 Å². The molecule has 0 radical (unpaired) electrons. The van der Waals surface area contributed by atoms with Crippen molar-refractivity contribution in [2.75, 3.05) is 26.8 Å². The molecule has 6 nitrogen and oxygen atoms in total. The Bertz CT molecular complexity index is 763. The first kappa shape index (κ1) is 18.9. The summed E-state index contributed by atoms with van der Waals surface area (Å²) in [5, 5.41) is 5.49. The number of ketones is 1. The van der Waals surface area contributed by atoms with Crippen molar-refractivity contribution in [2.45, 2.75) is 32.6 Å². The van der Waals surface area contributed by atoms with Gasteiger partial charge in [0.15, 0.2) is 5.78 Å². The van der Waals surface area contributed by atoms with Crippen molar-refractivity contribution in [3.05, 3.63) is 39.1 Å². The largest absolute Gasteiger partial charge is 0.374 e. The number of hydrogen-bond donors (Lipinski definition) is 2. The molecule has 0 amide bonds. The van der Waals surface area contributed by atoms with Gasteiger partial charge in [-0.2, -0.15) is 0 Å². The van der Waals surface area contributed by atoms with E-state index in [0.717, 1.165) is 34.7 Å². The molecular weight excluding hydrogens is 348 g/mol. The normalized spacial score (nSPS) is 22.8. The van der Waals surface area contributed by atoms with Crippen molar-refractivity contribution in [1.82, 2.24) is 10.3 Å². The number of dihydropyridines is 1. The molecule has 0 bridgehead atoms. The third-order valence-corrected chi connectivity index (χ3v) is 5.30. The summed E-state index contributed by atoms with van der Waals surface area (Å²) in [5.41, 5.74) is 11.9. The summed E-state index contributed by atoms with van der Waals surface area (Å²) in [4.78, 5) is 21.8. The predicted molar refractivity (Wildman–Crippen MR) is 104 cm³/mol. The Balaban J connectivity index is 2.08. The second-order valence-electron chi connectivity index (χ2n) is 7.47. The van der Waals surface area contributed by atoms with Crippen LogP contribution in [0.2, 0.25) is 0 Å². The molecule has 1 unspecified atom stereocenters. The summed E-state index contributed by atoms with van der Waals surface area (Å²) in [6.07, 6.45) is 3.18. The fourth-order valence-electron chi connectivity index (χ4n) is 3.71. The van der Waals surface area contributed by atoms with E-state index in [0.29, 0.717) is 26.2 Å². The first-order valence-electron chi connectivity index (χ1n) is 8.81. The summed E-state index contributed by atoms with van der Waals surface area (Å²) < 4.78 is 5.69. The molecular formula is C19H26N4O2S. The number of Topliss-reactive ketones (excluding diaryl/α,β-unsaturated/α-hetero) is 1. The minimum Gasteiger partial charge on any atom is -0.374 e. The fraction of sp³-hybridized carbons (Fsp3) is 0.526. The van der Waals surface area contributed by atoms with Crippen LogP contribution in [-0.2, 0) is 9.53 Å². The van der Waals surface area contributed by atoms with E-state index in [1.165, 1.54) is 11.3 Å². The van der Waals surface area contributed by atoms with Gasteiger partial charge in [-0.25, -0.2) is 4.98 Å². The number of carbonyl (C=O) groups is 1. The number of ether oxygens (including phenoxy) is 1. The molecule has 3 rings (SSSR count). The second kappa shape index (κ2) is 7.82. The van der Waals surface area contributed by atoms with Crippen LogP contribution >= 0.6 is 11.3 Å². The molecule has 0 saturated carbocycles. The number of rotatable bonds is 6. The molecule has 1 atom stereocenters. The van der Waals surface area contributed by atoms with Crippen LogP contribution < -0.4 is 11.1 Å². The minimum absolute atomic E-state index is 0.0604. The van der Waals surface area contributed by atoms with Gasteiger partial charge in [0, 0.05) is 54.1 Å². The van der Waals surface area contributed by atoms with Crippen molar-refractivity contribution in [3.8, 4) is 0 Å². The second-order valence-corrected chi connectivity index (χ2v) is 8.19. The number of aliphatic imine (C=N–C) groups is 1. The van der Waals surface area contributed by atoms with E-state index in [-0.39, 0.29) is 17.1 Å². The average Bonchev–Trinajstić information content (AvgIpc) is 3.09. The maximum atomic E-state index is 13.0. The van der Waals surface area contributed by atoms with Crippen molar-refractivity contribution < 1.29 is 9.53 Å². The zero-order chi connectivity index (χ0) is 18.7. The van der Waals surface area contributed by atoms with E-state index in [4.69, 9.17) is 10.5 Å². The van der Waals surface area contributed by atoms with E-state index in [1.54, 1.807) is 12.6 Å². The van der Waals surface area contributed by atoms with E-state index in [1.807, 2.05) is 11.6 Å². The summed E-state index contributed by atoms with van der Waals surface area (Å²) in [5.74, 6) is -0.00745. The van der Waals surface area contributed by atoms with E-state index >= 15 is 0 Å². The van der Waals surface area contributed by atoms with Gasteiger partial charge >= 0.3 is 0 Å². The zero-order valence-corrected chi connectivity index (χ0v) is 16.4. The predicted octanol–water partition coefficient (Wildman–Crippen LogP) is 2.40. The van der Waals surface area contributed by atoms with Gasteiger partial charge in [-0.3, -0.25) is 9.79 Å². The third kappa shape index (κ3) is 3.79. The standard InChI is InChI=1S/C19H26N4O2S/c1-19(2)6-13-18(16(24)7-19)17(15-10-26-11-22-15)12(8-21-3)14(23-13)9-25-5-4-20/h8,10-11,17,23H,4-7,9,20H2,1-3H3. The summed E-state index contributed by atoms with van der Waals surface area (Å²) in [7, 11) is 1.74. The smallest absolute Gasteiger partial charge is 0.162 e. The zero-order valence-electron chi connectivity index (χ0n) is 15.5. The monoisotopic (exact) mass is 374 g/mol. The van der Waals surface area contributed by atoms with Crippen LogP contribution in [0.15, 0.2) is 38.4 Å². The topological polar surface area (TPSA) is 89.6 Å². The van der Waals surface area contributed by atoms with Crippen LogP contribution in [-0.4, -0.2) is 43.8 Å². The van der Waals surface area contributed by atoms with E-state index < -0.39 is 0 Å². The van der Waals surface area contributed by atoms with Gasteiger partial charge in [-0.1, -0.05) is 13.8 Å². The Morgan fingerprint density at radius 1 is 1.50 bits per heavy atom. The first-order valence-corrected chi connectivity index (χ1v) is 9.75. The number of nitrogens with zero attached hydrogens (tertiary/aromatic N) is 2. The Labute approximate surface area is 158 Å². The highest BCUT2D eigenvalue weighted by molar-refractivity contribution is 7.07. The van der Waals surface area contributed by atoms with Crippen molar-refractivity contribution in [3.63, 3.8) is 0 Å². The molecule has 1 aromatic rings. The molecule has 2 aliphatic rings. The summed E-state index contributed by atoms with van der Waals surface area (Å²) >= 11 is 1.54. The van der Waals surface area contributed by atoms with Crippen LogP contribution in [0.1, 0.15) is 38.3 Å². The van der Waals surface area contributed by atoms with Crippen LogP contribution in [0.4, 0.5) is 0 Å². The lowest BCUT2D eigenvalue weighted by Crippen LogP contribution is -2.39. The average molecular weight is 375 g/mol. The molecule has 2 heterocycles. The van der Waals surface area contributed by atoms with Gasteiger partial charge in [0.25, 0.3) is 0 Å². The third-order valence-electron chi connectivity index (χ3n) is 4.69. The van der Waals surface area contributed by atoms with Gasteiger partial charge in [-0.15, -0.1) is 11.3 Å². The molecule has 1 aliphatic carbocycles. The van der Waals surface area contributed by atoms with Crippen LogP contribution in [0.25, 0.3) is 0 Å². The Morgan fingerprint density at radius 3 is 2.96 bits per heavy atom. The molecule has 7 heteroatoms. The molecule has 26 heavy (non-hydrogen) atoms. The number of nitrogens with two attached hydrogens (primary N) is 1. The minimum atomic E-state index is -0.193. The van der Waals surface area contributed by atoms with Gasteiger partial charge in [0.05, 0.1) is 30.3 Å². The lowest BCUT2D eigenvalue weighted by Gasteiger charge is -2.39. The molecule has 0 aromatic carbocycles. The molecule has 1 aliphatic heterocycles. The fourth-order valence-corrected chi connectivity index (χ4v) is 4.29. The summed E-state index contributed by atoms with van der Waals surface area (Å²) in [6, 6.07) is 0.